The Balaban J connectivity index is 1.78. The number of imidazole rings is 1. The van der Waals surface area contributed by atoms with Gasteiger partial charge in [0.1, 0.15) is 0 Å². The molecule has 1 atom stereocenters. The fourth-order valence-corrected chi connectivity index (χ4v) is 5.47. The van der Waals surface area contributed by atoms with Crippen LogP contribution in [0.3, 0.4) is 0 Å². The van der Waals surface area contributed by atoms with Crippen molar-refractivity contribution < 1.29 is 39.5 Å². The third-order valence-corrected chi connectivity index (χ3v) is 7.82. The van der Waals surface area contributed by atoms with Gasteiger partial charge in [0.25, 0.3) is 0 Å². The van der Waals surface area contributed by atoms with E-state index in [0.717, 1.165) is 31.7 Å². The average Bonchev–Trinajstić information content (AvgIpc) is 3.44. The van der Waals surface area contributed by atoms with E-state index in [1.807, 2.05) is 0 Å². The summed E-state index contributed by atoms with van der Waals surface area (Å²) in [6.07, 6.45) is 1.47. The smallest absolute Gasteiger partial charge is 0.376 e. The highest BCUT2D eigenvalue weighted by Crippen LogP contribution is 2.38. The predicted octanol–water partition coefficient (Wildman–Crippen LogP) is 4.43. The predicted molar refractivity (Wildman–Crippen MR) is 114 cm³/mol. The van der Waals surface area contributed by atoms with Gasteiger partial charge in [-0.25, -0.2) is 13.4 Å². The molecule has 0 bridgehead atoms. The average molecular weight is 527 g/mol. The molecule has 2 aromatic rings. The minimum atomic E-state index is -5.82. The van der Waals surface area contributed by atoms with Gasteiger partial charge in [0.05, 0.1) is 42.9 Å². The first-order chi connectivity index (χ1) is 16.4. The molecule has 4 rings (SSSR count). The highest BCUT2D eigenvalue weighted by Gasteiger charge is 2.51. The Morgan fingerprint density at radius 2 is 1.83 bits per heavy atom. The number of nitrogens with zero attached hydrogens (tertiary/aromatic N) is 3. The number of hydrogen-bond acceptors (Lipinski definition) is 5. The number of sulfonamides is 1. The van der Waals surface area contributed by atoms with Crippen molar-refractivity contribution in [2.24, 2.45) is 0 Å². The molecule has 0 amide bonds. The van der Waals surface area contributed by atoms with Gasteiger partial charge in [-0.05, 0) is 36.6 Å². The monoisotopic (exact) mass is 526 g/mol. The highest BCUT2D eigenvalue weighted by molar-refractivity contribution is 7.89. The number of alkyl halides is 6. The summed E-state index contributed by atoms with van der Waals surface area (Å²) in [5, 5.41) is 0. The molecule has 2 heterocycles. The standard InChI is InChI=1S/C21H24F6N4O3S/c22-20(23,24)15-5-6-19-14(7-15)9-30(35(32,33)21(25,26)27)11-17(12-34-18-3-1-2-4-18)31(19)10-16-8-28-13-29-16/h5-8,13,17-18H,1-4,9-12H2,(H,28,29)/t17-/m0/s1. The van der Waals surface area contributed by atoms with Crippen LogP contribution in [0.4, 0.5) is 32.0 Å². The van der Waals surface area contributed by atoms with Crippen LogP contribution in [0.25, 0.3) is 0 Å². The second-order valence-corrected chi connectivity index (χ2v) is 10.6. The Morgan fingerprint density at radius 3 is 2.43 bits per heavy atom. The summed E-state index contributed by atoms with van der Waals surface area (Å²) in [5.74, 6) is 0. The van der Waals surface area contributed by atoms with Crippen molar-refractivity contribution >= 4 is 15.7 Å². The van der Waals surface area contributed by atoms with Crippen molar-refractivity contribution in [3.63, 3.8) is 0 Å². The van der Waals surface area contributed by atoms with E-state index < -0.39 is 46.4 Å². The molecule has 1 aromatic heterocycles. The lowest BCUT2D eigenvalue weighted by Gasteiger charge is -2.34. The first-order valence-electron chi connectivity index (χ1n) is 11.0. The summed E-state index contributed by atoms with van der Waals surface area (Å²) < 4.78 is 112. The van der Waals surface area contributed by atoms with Gasteiger partial charge >= 0.3 is 21.7 Å². The number of rotatable bonds is 6. The van der Waals surface area contributed by atoms with Gasteiger partial charge in [-0.15, -0.1) is 0 Å². The largest absolute Gasteiger partial charge is 0.511 e. The third kappa shape index (κ3) is 5.59. The van der Waals surface area contributed by atoms with Crippen LogP contribution in [-0.2, 0) is 34.0 Å². The van der Waals surface area contributed by atoms with Gasteiger partial charge in [-0.3, -0.25) is 0 Å². The van der Waals surface area contributed by atoms with Crippen LogP contribution in [-0.4, -0.2) is 53.5 Å². The molecule has 0 radical (unpaired) electrons. The van der Waals surface area contributed by atoms with Crippen LogP contribution in [0.1, 0.15) is 42.5 Å². The van der Waals surface area contributed by atoms with Crippen LogP contribution in [0.5, 0.6) is 0 Å². The second kappa shape index (κ2) is 9.62. The van der Waals surface area contributed by atoms with Crippen molar-refractivity contribution in [1.29, 1.82) is 0 Å². The summed E-state index contributed by atoms with van der Waals surface area (Å²) in [4.78, 5) is 8.37. The molecule has 0 unspecified atom stereocenters. The Bertz CT molecular complexity index is 1120. The van der Waals surface area contributed by atoms with E-state index in [9.17, 15) is 34.8 Å². The van der Waals surface area contributed by atoms with Crippen molar-refractivity contribution in [1.82, 2.24) is 14.3 Å². The van der Waals surface area contributed by atoms with Gasteiger partial charge in [-0.1, -0.05) is 12.8 Å². The van der Waals surface area contributed by atoms with Gasteiger partial charge in [0.15, 0.2) is 0 Å². The van der Waals surface area contributed by atoms with E-state index in [1.165, 1.54) is 18.6 Å². The molecule has 2 aliphatic rings. The summed E-state index contributed by atoms with van der Waals surface area (Å²) in [6, 6.07) is 1.81. The molecule has 14 heteroatoms. The van der Waals surface area contributed by atoms with Gasteiger partial charge in [-0.2, -0.15) is 30.6 Å². The maximum atomic E-state index is 13.5. The first kappa shape index (κ1) is 25.8. The van der Waals surface area contributed by atoms with Crippen molar-refractivity contribution in [2.75, 3.05) is 18.1 Å². The van der Waals surface area contributed by atoms with E-state index >= 15 is 0 Å². The lowest BCUT2D eigenvalue weighted by Crippen LogP contribution is -2.49. The normalized spacial score (nSPS) is 20.7. The number of benzene rings is 1. The minimum Gasteiger partial charge on any atom is -0.376 e. The molecule has 1 N–H and O–H groups in total. The SMILES string of the molecule is O=S(=O)(N1Cc2cc(C(F)(F)F)ccc2N(Cc2cnc[nH]2)[C@H](COC2CCCC2)C1)C(F)(F)F. The molecule has 1 aliphatic heterocycles. The van der Waals surface area contributed by atoms with Crippen molar-refractivity contribution in [3.8, 4) is 0 Å². The van der Waals surface area contributed by atoms with E-state index in [-0.39, 0.29) is 34.8 Å². The first-order valence-corrected chi connectivity index (χ1v) is 12.4. The molecule has 1 saturated carbocycles. The number of aromatic amines is 1. The van der Waals surface area contributed by atoms with Crippen LogP contribution in [0, 0.1) is 0 Å². The zero-order valence-electron chi connectivity index (χ0n) is 18.4. The van der Waals surface area contributed by atoms with E-state index in [0.29, 0.717) is 11.8 Å². The highest BCUT2D eigenvalue weighted by atomic mass is 32.2. The van der Waals surface area contributed by atoms with E-state index in [1.54, 1.807) is 4.90 Å². The minimum absolute atomic E-state index is 0.0525. The molecule has 0 saturated heterocycles. The summed E-state index contributed by atoms with van der Waals surface area (Å²) in [5.41, 5.74) is -6.12. The fourth-order valence-electron chi connectivity index (χ4n) is 4.50. The zero-order valence-corrected chi connectivity index (χ0v) is 19.3. The molecular weight excluding hydrogens is 502 g/mol. The van der Waals surface area contributed by atoms with Gasteiger partial charge in [0.2, 0.25) is 0 Å². The number of fused-ring (bicyclic) bond motifs is 1. The summed E-state index contributed by atoms with van der Waals surface area (Å²) >= 11 is 0. The Kier molecular flexibility index (Phi) is 7.08. The van der Waals surface area contributed by atoms with Crippen LogP contribution < -0.4 is 4.90 Å². The lowest BCUT2D eigenvalue weighted by atomic mass is 10.1. The lowest BCUT2D eigenvalue weighted by molar-refractivity contribution is -0.137. The van der Waals surface area contributed by atoms with Crippen LogP contribution in [0.15, 0.2) is 30.7 Å². The number of H-pyrrole nitrogens is 1. The summed E-state index contributed by atoms with van der Waals surface area (Å²) in [7, 11) is -5.82. The van der Waals surface area contributed by atoms with Crippen LogP contribution in [0.2, 0.25) is 0 Å². The molecule has 1 aliphatic carbocycles. The molecule has 1 aromatic carbocycles. The molecule has 1 fully saturated rings. The van der Waals surface area contributed by atoms with Gasteiger partial charge < -0.3 is 14.6 Å². The maximum absolute atomic E-state index is 13.5. The number of hydrogen-bond donors (Lipinski definition) is 1. The second-order valence-electron chi connectivity index (χ2n) is 8.68. The summed E-state index contributed by atoms with van der Waals surface area (Å²) in [6.45, 7) is -1.51. The zero-order chi connectivity index (χ0) is 25.4. The molecule has 7 nitrogen and oxygen atoms in total. The quantitative estimate of drug-likeness (QED) is 0.564. The number of anilines is 1. The Morgan fingerprint density at radius 1 is 1.11 bits per heavy atom. The van der Waals surface area contributed by atoms with Gasteiger partial charge in [0, 0.05) is 25.0 Å². The third-order valence-electron chi connectivity index (χ3n) is 6.27. The van der Waals surface area contributed by atoms with E-state index in [4.69, 9.17) is 4.74 Å². The number of aromatic nitrogens is 2. The molecular formula is C21H24F6N4O3S. The number of ether oxygens (including phenoxy) is 1. The van der Waals surface area contributed by atoms with Crippen molar-refractivity contribution in [2.45, 2.75) is 62.6 Å². The molecule has 35 heavy (non-hydrogen) atoms. The molecule has 0 spiro atoms. The fraction of sp³-hybridized carbons (Fsp3) is 0.571. The van der Waals surface area contributed by atoms with Crippen molar-refractivity contribution in [3.05, 3.63) is 47.5 Å². The maximum Gasteiger partial charge on any atom is 0.511 e. The Hall–Kier alpha value is -2.32. The van der Waals surface area contributed by atoms with Crippen LogP contribution >= 0.6 is 0 Å². The topological polar surface area (TPSA) is 78.5 Å². The number of halogens is 6. The molecule has 194 valence electrons. The number of nitrogens with one attached hydrogen (secondary N) is 1. The Labute approximate surface area is 198 Å². The van der Waals surface area contributed by atoms with E-state index in [2.05, 4.69) is 9.97 Å².